The Bertz CT molecular complexity index is 1040. The van der Waals surface area contributed by atoms with E-state index in [4.69, 9.17) is 23.4 Å². The first-order chi connectivity index (χ1) is 18.5. The predicted molar refractivity (Wildman–Crippen MR) is 160 cm³/mol. The van der Waals surface area contributed by atoms with Crippen LogP contribution >= 0.6 is 0 Å². The monoisotopic (exact) mass is 552 g/mol. The van der Waals surface area contributed by atoms with Gasteiger partial charge in [0, 0.05) is 19.4 Å². The maximum Gasteiger partial charge on any atom is 0.192 e. The molecule has 0 aromatic heterocycles. The van der Waals surface area contributed by atoms with Crippen molar-refractivity contribution in [2.75, 3.05) is 13.2 Å². The van der Waals surface area contributed by atoms with Gasteiger partial charge >= 0.3 is 0 Å². The minimum absolute atomic E-state index is 0.0108. The van der Waals surface area contributed by atoms with E-state index in [1.165, 1.54) is 5.56 Å². The van der Waals surface area contributed by atoms with Crippen molar-refractivity contribution in [1.82, 2.24) is 0 Å². The quantitative estimate of drug-likeness (QED) is 0.146. The van der Waals surface area contributed by atoms with E-state index in [9.17, 15) is 0 Å². The van der Waals surface area contributed by atoms with Crippen molar-refractivity contribution < 1.29 is 23.4 Å². The largest absolute Gasteiger partial charge is 0.414 e. The highest BCUT2D eigenvalue weighted by Gasteiger charge is 2.43. The summed E-state index contributed by atoms with van der Waals surface area (Å²) in [7, 11) is -1.88. The van der Waals surface area contributed by atoms with Crippen molar-refractivity contribution in [3.63, 3.8) is 0 Å². The van der Waals surface area contributed by atoms with Gasteiger partial charge in [0.25, 0.3) is 0 Å². The van der Waals surface area contributed by atoms with Gasteiger partial charge in [0.2, 0.25) is 0 Å². The Morgan fingerprint density at radius 2 is 1.46 bits per heavy atom. The van der Waals surface area contributed by atoms with Crippen LogP contribution in [0.25, 0.3) is 0 Å². The van der Waals surface area contributed by atoms with Crippen LogP contribution in [0.5, 0.6) is 0 Å². The van der Waals surface area contributed by atoms with Gasteiger partial charge in [-0.3, -0.25) is 0 Å². The van der Waals surface area contributed by atoms with Crippen LogP contribution in [0.4, 0.5) is 0 Å². The molecule has 2 aromatic carbocycles. The fourth-order valence-corrected chi connectivity index (χ4v) is 5.11. The molecular weight excluding hydrogens is 504 g/mol. The third kappa shape index (κ3) is 10.8. The second-order valence-electron chi connectivity index (χ2n) is 12.3. The summed E-state index contributed by atoms with van der Waals surface area (Å²) in [5, 5.41) is 0.150. The van der Waals surface area contributed by atoms with Crippen LogP contribution < -0.4 is 0 Å². The fraction of sp³-hybridized carbons (Fsp3) is 0.576. The maximum absolute atomic E-state index is 6.46. The van der Waals surface area contributed by atoms with E-state index < -0.39 is 14.1 Å². The number of rotatable bonds is 13. The summed E-state index contributed by atoms with van der Waals surface area (Å²) < 4.78 is 31.1. The first-order valence-corrected chi connectivity index (χ1v) is 17.1. The number of hydrogen-bond donors (Lipinski definition) is 0. The van der Waals surface area contributed by atoms with Crippen LogP contribution in [0.1, 0.15) is 65.0 Å². The minimum Gasteiger partial charge on any atom is -0.414 e. The van der Waals surface area contributed by atoms with Gasteiger partial charge in [0.05, 0.1) is 25.9 Å². The molecule has 0 N–H and O–H groups in total. The Labute approximate surface area is 237 Å². The predicted octanol–water partition coefficient (Wildman–Crippen LogP) is 7.50. The van der Waals surface area contributed by atoms with Gasteiger partial charge in [-0.05, 0) is 49.5 Å². The average molecular weight is 553 g/mol. The molecule has 0 spiro atoms. The molecule has 0 amide bonds. The molecule has 0 bridgehead atoms. The lowest BCUT2D eigenvalue weighted by Gasteiger charge is -2.37. The summed E-state index contributed by atoms with van der Waals surface area (Å²) in [4.78, 5) is 0. The molecule has 214 valence electrons. The van der Waals surface area contributed by atoms with E-state index in [1.54, 1.807) is 0 Å². The zero-order valence-corrected chi connectivity index (χ0v) is 26.0. The zero-order chi connectivity index (χ0) is 28.4. The van der Waals surface area contributed by atoms with E-state index >= 15 is 0 Å². The molecule has 0 saturated carbocycles. The van der Waals surface area contributed by atoms with Crippen LogP contribution in [0.15, 0.2) is 60.7 Å². The molecule has 5 nitrogen and oxygen atoms in total. The van der Waals surface area contributed by atoms with Crippen molar-refractivity contribution in [2.24, 2.45) is 0 Å². The van der Waals surface area contributed by atoms with E-state index in [2.05, 4.69) is 70.0 Å². The van der Waals surface area contributed by atoms with Gasteiger partial charge in [-0.1, -0.05) is 81.4 Å². The highest BCUT2D eigenvalue weighted by Crippen LogP contribution is 2.38. The molecule has 2 aromatic rings. The summed E-state index contributed by atoms with van der Waals surface area (Å²) in [6.45, 7) is 17.5. The van der Waals surface area contributed by atoms with E-state index in [0.717, 1.165) is 12.0 Å². The molecule has 1 aliphatic rings. The van der Waals surface area contributed by atoms with Crippen molar-refractivity contribution in [1.29, 1.82) is 0 Å². The average Bonchev–Trinajstić information content (AvgIpc) is 3.19. The molecule has 6 heteroatoms. The second-order valence-corrected chi connectivity index (χ2v) is 17.1. The molecule has 39 heavy (non-hydrogen) atoms. The van der Waals surface area contributed by atoms with E-state index in [1.807, 2.05) is 50.2 Å². The Balaban J connectivity index is 1.53. The molecule has 0 radical (unpaired) electrons. The molecule has 1 aliphatic heterocycles. The number of ether oxygens (including phenoxy) is 4. The van der Waals surface area contributed by atoms with Crippen molar-refractivity contribution in [3.05, 3.63) is 71.8 Å². The van der Waals surface area contributed by atoms with Gasteiger partial charge in [0.15, 0.2) is 14.1 Å². The number of benzene rings is 2. The Hall–Kier alpha value is -1.98. The SMILES string of the molecule is CC1(C)O[C@H](CC#CC[C@@H](CCOCc2ccccc2)OCc2ccccc2)[C@@H](CO[Si](C)(C)C(C)(C)C)O1. The zero-order valence-electron chi connectivity index (χ0n) is 25.0. The maximum atomic E-state index is 6.46. The molecule has 1 saturated heterocycles. The Morgan fingerprint density at radius 3 is 2.08 bits per heavy atom. The first kappa shape index (κ1) is 31.5. The van der Waals surface area contributed by atoms with Crippen molar-refractivity contribution >= 4 is 8.32 Å². The van der Waals surface area contributed by atoms with E-state index in [-0.39, 0.29) is 23.4 Å². The molecule has 0 unspecified atom stereocenters. The first-order valence-electron chi connectivity index (χ1n) is 14.2. The lowest BCUT2D eigenvalue weighted by Crippen LogP contribution is -2.44. The summed E-state index contributed by atoms with van der Waals surface area (Å²) in [5.41, 5.74) is 2.33. The van der Waals surface area contributed by atoms with Crippen LogP contribution in [0, 0.1) is 11.8 Å². The van der Waals surface area contributed by atoms with Crippen LogP contribution in [0.2, 0.25) is 18.1 Å². The van der Waals surface area contributed by atoms with Gasteiger partial charge in [-0.25, -0.2) is 0 Å². The number of hydrogen-bond acceptors (Lipinski definition) is 5. The standard InChI is InChI=1S/C33H48O5Si/c1-32(2,3)39(6,7)36-26-31-30(37-33(4,5)38-31)21-15-14-20-29(35-25-28-18-12-9-13-19-28)22-23-34-24-27-16-10-8-11-17-27/h8-13,16-19,29-31H,20-26H2,1-7H3/t29-,30+,31+/m0/s1. The minimum atomic E-state index is -1.88. The van der Waals surface area contributed by atoms with Crippen LogP contribution in [-0.4, -0.2) is 45.6 Å². The van der Waals surface area contributed by atoms with E-state index in [0.29, 0.717) is 39.3 Å². The molecule has 0 aliphatic carbocycles. The molecule has 1 fully saturated rings. The highest BCUT2D eigenvalue weighted by atomic mass is 28.4. The summed E-state index contributed by atoms with van der Waals surface area (Å²) in [6.07, 6.45) is 1.78. The molecule has 1 heterocycles. The summed E-state index contributed by atoms with van der Waals surface area (Å²) >= 11 is 0. The lowest BCUT2D eigenvalue weighted by molar-refractivity contribution is -0.148. The molecular formula is C33H48O5Si. The Kier molecular flexibility index (Phi) is 11.8. The molecule has 3 atom stereocenters. The normalized spacial score (nSPS) is 19.9. The highest BCUT2D eigenvalue weighted by molar-refractivity contribution is 6.74. The third-order valence-electron chi connectivity index (χ3n) is 7.48. The second kappa shape index (κ2) is 14.6. The van der Waals surface area contributed by atoms with Crippen LogP contribution in [0.3, 0.4) is 0 Å². The smallest absolute Gasteiger partial charge is 0.192 e. The Morgan fingerprint density at radius 1 is 0.872 bits per heavy atom. The van der Waals surface area contributed by atoms with Gasteiger partial charge < -0.3 is 23.4 Å². The van der Waals surface area contributed by atoms with Gasteiger partial charge in [-0.15, -0.1) is 11.8 Å². The molecule has 3 rings (SSSR count). The topological polar surface area (TPSA) is 46.2 Å². The van der Waals surface area contributed by atoms with Crippen molar-refractivity contribution in [3.8, 4) is 11.8 Å². The lowest BCUT2D eigenvalue weighted by atomic mass is 10.1. The van der Waals surface area contributed by atoms with Crippen LogP contribution in [-0.2, 0) is 36.6 Å². The fourth-order valence-electron chi connectivity index (χ4n) is 4.10. The summed E-state index contributed by atoms with van der Waals surface area (Å²) in [6, 6.07) is 20.5. The van der Waals surface area contributed by atoms with Crippen molar-refractivity contribution in [2.45, 2.75) is 109 Å². The summed E-state index contributed by atoms with van der Waals surface area (Å²) in [5.74, 6) is 6.07. The third-order valence-corrected chi connectivity index (χ3v) is 12.0. The van der Waals surface area contributed by atoms with Gasteiger partial charge in [0.1, 0.15) is 12.2 Å². The van der Waals surface area contributed by atoms with Gasteiger partial charge in [-0.2, -0.15) is 0 Å².